The van der Waals surface area contributed by atoms with Gasteiger partial charge in [-0.1, -0.05) is 6.07 Å². The number of rotatable bonds is 4. The molecule has 0 saturated carbocycles. The molecule has 1 aromatic carbocycles. The summed E-state index contributed by atoms with van der Waals surface area (Å²) in [6, 6.07) is 6.60. The van der Waals surface area contributed by atoms with E-state index in [1.165, 1.54) is 12.1 Å². The van der Waals surface area contributed by atoms with Crippen molar-refractivity contribution in [2.24, 2.45) is 0 Å². The zero-order valence-corrected chi connectivity index (χ0v) is 13.9. The normalized spacial score (nSPS) is 17.5. The second-order valence-corrected chi connectivity index (χ2v) is 6.28. The Morgan fingerprint density at radius 1 is 1.46 bits per heavy atom. The fraction of sp³-hybridized carbons (Fsp3) is 0.412. The third kappa shape index (κ3) is 3.73. The second kappa shape index (κ2) is 7.00. The molecule has 2 amide bonds. The Morgan fingerprint density at radius 3 is 3.00 bits per heavy atom. The fourth-order valence-corrected chi connectivity index (χ4v) is 2.85. The second-order valence-electron chi connectivity index (χ2n) is 6.28. The minimum Gasteiger partial charge on any atom is -0.334 e. The zero-order chi connectivity index (χ0) is 17.1. The van der Waals surface area contributed by atoms with E-state index >= 15 is 0 Å². The van der Waals surface area contributed by atoms with Gasteiger partial charge >= 0.3 is 6.03 Å². The van der Waals surface area contributed by atoms with Gasteiger partial charge < -0.3 is 15.1 Å². The van der Waals surface area contributed by atoms with Crippen molar-refractivity contribution in [1.82, 2.24) is 24.9 Å². The Balaban J connectivity index is 1.55. The van der Waals surface area contributed by atoms with E-state index in [1.54, 1.807) is 29.2 Å². The van der Waals surface area contributed by atoms with Gasteiger partial charge in [-0.05, 0) is 38.7 Å². The van der Waals surface area contributed by atoms with E-state index in [0.717, 1.165) is 25.1 Å². The van der Waals surface area contributed by atoms with Gasteiger partial charge in [0, 0.05) is 37.4 Å². The van der Waals surface area contributed by atoms with Crippen LogP contribution in [0.2, 0.25) is 0 Å². The smallest absolute Gasteiger partial charge is 0.317 e. The number of urea groups is 1. The zero-order valence-electron chi connectivity index (χ0n) is 13.9. The maximum atomic E-state index is 13.3. The number of hydrogen-bond acceptors (Lipinski definition) is 3. The lowest BCUT2D eigenvalue weighted by atomic mass is 10.2. The molecular formula is C17H22FN5O. The molecule has 2 heterocycles. The molecule has 0 aliphatic carbocycles. The molecule has 2 aromatic rings. The Labute approximate surface area is 140 Å². The van der Waals surface area contributed by atoms with Gasteiger partial charge in [0.1, 0.15) is 5.82 Å². The van der Waals surface area contributed by atoms with Crippen molar-refractivity contribution >= 4 is 6.03 Å². The summed E-state index contributed by atoms with van der Waals surface area (Å²) in [6.07, 6.45) is 4.47. The van der Waals surface area contributed by atoms with Crippen LogP contribution >= 0.6 is 0 Å². The number of halogens is 1. The predicted octanol–water partition coefficient (Wildman–Crippen LogP) is 1.86. The standard InChI is InChI=1S/C17H22FN5O/c1-21(2)16-6-7-22(12-16)17(24)19-9-13-10-20-23(11-13)15-5-3-4-14(18)8-15/h3-5,8,10-11,16H,6-7,9,12H2,1-2H3,(H,19,24)/t16-/m1/s1. The lowest BCUT2D eigenvalue weighted by molar-refractivity contribution is 0.203. The van der Waals surface area contributed by atoms with Gasteiger partial charge in [0.05, 0.1) is 11.9 Å². The monoisotopic (exact) mass is 331 g/mol. The van der Waals surface area contributed by atoms with E-state index in [1.807, 2.05) is 19.0 Å². The van der Waals surface area contributed by atoms with Gasteiger partial charge in [0.2, 0.25) is 0 Å². The van der Waals surface area contributed by atoms with Crippen LogP contribution in [0.4, 0.5) is 9.18 Å². The van der Waals surface area contributed by atoms with E-state index in [9.17, 15) is 9.18 Å². The van der Waals surface area contributed by atoms with Crippen molar-refractivity contribution in [2.45, 2.75) is 19.0 Å². The van der Waals surface area contributed by atoms with Gasteiger partial charge in [-0.25, -0.2) is 13.9 Å². The molecule has 1 N–H and O–H groups in total. The molecule has 7 heteroatoms. The number of hydrogen-bond donors (Lipinski definition) is 1. The molecule has 1 aliphatic heterocycles. The summed E-state index contributed by atoms with van der Waals surface area (Å²) in [5, 5.41) is 7.13. The largest absolute Gasteiger partial charge is 0.334 e. The summed E-state index contributed by atoms with van der Waals surface area (Å²) in [7, 11) is 4.07. The van der Waals surface area contributed by atoms with Crippen molar-refractivity contribution < 1.29 is 9.18 Å². The Bertz CT molecular complexity index is 715. The van der Waals surface area contributed by atoms with E-state index < -0.39 is 0 Å². The Morgan fingerprint density at radius 2 is 2.29 bits per heavy atom. The lowest BCUT2D eigenvalue weighted by Crippen LogP contribution is -2.40. The molecule has 1 aliphatic rings. The highest BCUT2D eigenvalue weighted by atomic mass is 19.1. The first-order valence-corrected chi connectivity index (χ1v) is 8.01. The van der Waals surface area contributed by atoms with Crippen LogP contribution in [-0.2, 0) is 6.54 Å². The highest BCUT2D eigenvalue weighted by Gasteiger charge is 2.27. The summed E-state index contributed by atoms with van der Waals surface area (Å²) in [5.74, 6) is -0.303. The Hall–Kier alpha value is -2.41. The van der Waals surface area contributed by atoms with E-state index in [-0.39, 0.29) is 11.8 Å². The van der Waals surface area contributed by atoms with Crippen molar-refractivity contribution in [3.05, 3.63) is 48.0 Å². The predicted molar refractivity (Wildman–Crippen MR) is 89.4 cm³/mol. The molecule has 24 heavy (non-hydrogen) atoms. The van der Waals surface area contributed by atoms with Crippen LogP contribution in [-0.4, -0.2) is 58.8 Å². The highest BCUT2D eigenvalue weighted by Crippen LogP contribution is 2.13. The number of amides is 2. The minimum absolute atomic E-state index is 0.0575. The molecule has 1 atom stereocenters. The maximum absolute atomic E-state index is 13.3. The molecule has 128 valence electrons. The van der Waals surface area contributed by atoms with Crippen molar-refractivity contribution in [1.29, 1.82) is 0 Å². The molecule has 1 aromatic heterocycles. The van der Waals surface area contributed by atoms with Crippen LogP contribution in [0.5, 0.6) is 0 Å². The molecular weight excluding hydrogens is 309 g/mol. The third-order valence-corrected chi connectivity index (χ3v) is 4.33. The molecule has 0 unspecified atom stereocenters. The van der Waals surface area contributed by atoms with Gasteiger partial charge in [0.25, 0.3) is 0 Å². The molecule has 0 spiro atoms. The first-order valence-electron chi connectivity index (χ1n) is 8.01. The van der Waals surface area contributed by atoms with Gasteiger partial charge in [-0.2, -0.15) is 5.10 Å². The lowest BCUT2D eigenvalue weighted by Gasteiger charge is -2.20. The molecule has 1 fully saturated rings. The molecule has 3 rings (SSSR count). The summed E-state index contributed by atoms with van der Waals surface area (Å²) in [4.78, 5) is 16.2. The topological polar surface area (TPSA) is 53.4 Å². The van der Waals surface area contributed by atoms with E-state index in [4.69, 9.17) is 0 Å². The van der Waals surface area contributed by atoms with Crippen LogP contribution in [0.15, 0.2) is 36.7 Å². The average molecular weight is 331 g/mol. The summed E-state index contributed by atoms with van der Waals surface area (Å²) in [6.45, 7) is 1.93. The van der Waals surface area contributed by atoms with Crippen LogP contribution in [0.1, 0.15) is 12.0 Å². The van der Waals surface area contributed by atoms with Crippen LogP contribution < -0.4 is 5.32 Å². The van der Waals surface area contributed by atoms with Gasteiger partial charge in [0.15, 0.2) is 0 Å². The van der Waals surface area contributed by atoms with Crippen molar-refractivity contribution in [3.8, 4) is 5.69 Å². The van der Waals surface area contributed by atoms with Crippen LogP contribution in [0, 0.1) is 5.82 Å². The number of aromatic nitrogens is 2. The Kier molecular flexibility index (Phi) is 4.80. The molecule has 0 radical (unpaired) electrons. The maximum Gasteiger partial charge on any atom is 0.317 e. The summed E-state index contributed by atoms with van der Waals surface area (Å²) < 4.78 is 14.9. The van der Waals surface area contributed by atoms with Crippen LogP contribution in [0.25, 0.3) is 5.69 Å². The number of benzene rings is 1. The number of likely N-dealkylation sites (N-methyl/N-ethyl adjacent to an activating group) is 1. The van der Waals surface area contributed by atoms with E-state index in [2.05, 4.69) is 15.3 Å². The van der Waals surface area contributed by atoms with E-state index in [0.29, 0.717) is 18.3 Å². The third-order valence-electron chi connectivity index (χ3n) is 4.33. The van der Waals surface area contributed by atoms with Gasteiger partial charge in [-0.3, -0.25) is 0 Å². The molecule has 6 nitrogen and oxygen atoms in total. The summed E-state index contributed by atoms with van der Waals surface area (Å²) in [5.41, 5.74) is 1.52. The SMILES string of the molecule is CN(C)[C@@H]1CCN(C(=O)NCc2cnn(-c3cccc(F)c3)c2)C1. The first-order chi connectivity index (χ1) is 11.5. The highest BCUT2D eigenvalue weighted by molar-refractivity contribution is 5.74. The fourth-order valence-electron chi connectivity index (χ4n) is 2.85. The molecule has 1 saturated heterocycles. The number of carbonyl (C=O) groups excluding carboxylic acids is 1. The average Bonchev–Trinajstić information content (AvgIpc) is 3.22. The number of carbonyl (C=O) groups is 1. The van der Waals surface area contributed by atoms with Crippen LogP contribution in [0.3, 0.4) is 0 Å². The van der Waals surface area contributed by atoms with Crippen molar-refractivity contribution in [2.75, 3.05) is 27.2 Å². The number of nitrogens with one attached hydrogen (secondary N) is 1. The summed E-state index contributed by atoms with van der Waals surface area (Å²) >= 11 is 0. The number of nitrogens with zero attached hydrogens (tertiary/aromatic N) is 4. The minimum atomic E-state index is -0.303. The number of likely N-dealkylation sites (tertiary alicyclic amines) is 1. The quantitative estimate of drug-likeness (QED) is 0.930. The molecule has 0 bridgehead atoms. The van der Waals surface area contributed by atoms with Crippen molar-refractivity contribution in [3.63, 3.8) is 0 Å². The van der Waals surface area contributed by atoms with Gasteiger partial charge in [-0.15, -0.1) is 0 Å². The first kappa shape index (κ1) is 16.4.